The summed E-state index contributed by atoms with van der Waals surface area (Å²) >= 11 is 7.26. The normalized spacial score (nSPS) is 12.9. The Kier molecular flexibility index (Phi) is 6.25. The molecule has 1 aliphatic rings. The van der Waals surface area contributed by atoms with Gasteiger partial charge in [0.2, 0.25) is 5.91 Å². The minimum absolute atomic E-state index is 0.00523. The summed E-state index contributed by atoms with van der Waals surface area (Å²) in [6, 6.07) is 12.8. The minimum atomic E-state index is -0.0216. The van der Waals surface area contributed by atoms with E-state index in [-0.39, 0.29) is 17.4 Å². The van der Waals surface area contributed by atoms with Crippen molar-refractivity contribution in [2.24, 2.45) is 0 Å². The van der Waals surface area contributed by atoms with Gasteiger partial charge >= 0.3 is 0 Å². The number of thioether (sulfide) groups is 1. The number of ketones is 1. The van der Waals surface area contributed by atoms with Crippen molar-refractivity contribution in [2.45, 2.75) is 31.3 Å². The molecule has 3 aromatic rings. The quantitative estimate of drug-likeness (QED) is 0.316. The van der Waals surface area contributed by atoms with Gasteiger partial charge in [-0.2, -0.15) is 0 Å². The number of carbonyl (C=O) groups excluding carboxylic acids is 2. The standard InChI is InChI=1S/C23H21ClN4O2S/c1-2-17-21(13-3-7-16(24)8-4-13)22(25)28-23(27-17)31-12-19(29)15-5-9-18-14(11-15)6-10-20(30)26-18/h3-5,7-9,11H,2,6,10,12H2,1H3,(H,26,30)(H2,25,27,28). The van der Waals surface area contributed by atoms with E-state index >= 15 is 0 Å². The van der Waals surface area contributed by atoms with Gasteiger partial charge in [0.1, 0.15) is 5.82 Å². The smallest absolute Gasteiger partial charge is 0.224 e. The number of aromatic nitrogens is 2. The lowest BCUT2D eigenvalue weighted by molar-refractivity contribution is -0.116. The van der Waals surface area contributed by atoms with E-state index < -0.39 is 0 Å². The van der Waals surface area contributed by atoms with Crippen LogP contribution in [0, 0.1) is 0 Å². The van der Waals surface area contributed by atoms with Crippen LogP contribution >= 0.6 is 23.4 Å². The Balaban J connectivity index is 1.51. The van der Waals surface area contributed by atoms with Gasteiger partial charge in [-0.25, -0.2) is 9.97 Å². The summed E-state index contributed by atoms with van der Waals surface area (Å²) in [5, 5.41) is 3.95. The third-order valence-corrected chi connectivity index (χ3v) is 6.21. The lowest BCUT2D eigenvalue weighted by Gasteiger charge is -2.17. The highest BCUT2D eigenvalue weighted by molar-refractivity contribution is 7.99. The van der Waals surface area contributed by atoms with E-state index in [1.165, 1.54) is 11.8 Å². The first-order valence-electron chi connectivity index (χ1n) is 9.95. The summed E-state index contributed by atoms with van der Waals surface area (Å²) in [4.78, 5) is 33.3. The van der Waals surface area contributed by atoms with Gasteiger partial charge in [0.05, 0.1) is 11.4 Å². The van der Waals surface area contributed by atoms with Crippen LogP contribution in [0.2, 0.25) is 5.02 Å². The van der Waals surface area contributed by atoms with Crippen LogP contribution in [-0.2, 0) is 17.6 Å². The van der Waals surface area contributed by atoms with E-state index in [9.17, 15) is 9.59 Å². The molecule has 0 atom stereocenters. The molecule has 2 heterocycles. The van der Waals surface area contributed by atoms with Crippen LogP contribution in [-0.4, -0.2) is 27.4 Å². The molecule has 1 aliphatic heterocycles. The second-order valence-corrected chi connectivity index (χ2v) is 8.58. The Morgan fingerprint density at radius 2 is 1.94 bits per heavy atom. The number of fused-ring (bicyclic) bond motifs is 1. The molecule has 0 bridgehead atoms. The summed E-state index contributed by atoms with van der Waals surface area (Å²) in [6.07, 6.45) is 1.76. The van der Waals surface area contributed by atoms with Crippen molar-refractivity contribution in [1.29, 1.82) is 0 Å². The third kappa shape index (κ3) is 4.73. The number of hydrogen-bond acceptors (Lipinski definition) is 6. The lowest BCUT2D eigenvalue weighted by Crippen LogP contribution is -2.19. The van der Waals surface area contributed by atoms with Crippen molar-refractivity contribution in [2.75, 3.05) is 16.8 Å². The number of nitrogens with zero attached hydrogens (tertiary/aromatic N) is 2. The maximum absolute atomic E-state index is 12.7. The van der Waals surface area contributed by atoms with Crippen LogP contribution in [0.5, 0.6) is 0 Å². The van der Waals surface area contributed by atoms with Gasteiger partial charge in [0, 0.05) is 28.3 Å². The number of aryl methyl sites for hydroxylation is 2. The molecule has 4 rings (SSSR count). The molecular weight excluding hydrogens is 432 g/mol. The second-order valence-electron chi connectivity index (χ2n) is 7.21. The Morgan fingerprint density at radius 1 is 1.16 bits per heavy atom. The summed E-state index contributed by atoms with van der Waals surface area (Å²) < 4.78 is 0. The average molecular weight is 453 g/mol. The van der Waals surface area contributed by atoms with Crippen molar-refractivity contribution >= 4 is 46.6 Å². The number of carbonyl (C=O) groups is 2. The van der Waals surface area contributed by atoms with Crippen LogP contribution in [0.3, 0.4) is 0 Å². The molecule has 1 aromatic heterocycles. The first-order valence-corrected chi connectivity index (χ1v) is 11.3. The number of benzene rings is 2. The fourth-order valence-corrected chi connectivity index (χ4v) is 4.42. The van der Waals surface area contributed by atoms with Crippen molar-refractivity contribution in [3.05, 3.63) is 64.3 Å². The summed E-state index contributed by atoms with van der Waals surface area (Å²) in [7, 11) is 0. The van der Waals surface area contributed by atoms with E-state index in [0.717, 1.165) is 28.1 Å². The molecule has 0 saturated carbocycles. The van der Waals surface area contributed by atoms with Gasteiger partial charge in [-0.15, -0.1) is 0 Å². The fourth-order valence-electron chi connectivity index (χ4n) is 3.52. The molecule has 0 radical (unpaired) electrons. The molecular formula is C23H21ClN4O2S. The van der Waals surface area contributed by atoms with Crippen LogP contribution < -0.4 is 11.1 Å². The summed E-state index contributed by atoms with van der Waals surface area (Å²) in [5.74, 6) is 0.569. The van der Waals surface area contributed by atoms with E-state index in [1.807, 2.05) is 25.1 Å². The Labute approximate surface area is 189 Å². The molecule has 0 aliphatic carbocycles. The van der Waals surface area contributed by atoms with Crippen LogP contribution in [0.25, 0.3) is 11.1 Å². The maximum Gasteiger partial charge on any atom is 0.224 e. The topological polar surface area (TPSA) is 98.0 Å². The number of amides is 1. The number of Topliss-reactive ketones (excluding diaryl/α,β-unsaturated/α-hetero) is 1. The number of nitrogens with two attached hydrogens (primary N) is 1. The van der Waals surface area contributed by atoms with Gasteiger partial charge in [0.25, 0.3) is 0 Å². The lowest BCUT2D eigenvalue weighted by atomic mass is 9.99. The molecule has 158 valence electrons. The zero-order chi connectivity index (χ0) is 22.0. The van der Waals surface area contributed by atoms with E-state index in [1.54, 1.807) is 24.3 Å². The van der Waals surface area contributed by atoms with E-state index in [2.05, 4.69) is 15.3 Å². The van der Waals surface area contributed by atoms with Crippen LogP contribution in [0.4, 0.5) is 11.5 Å². The van der Waals surface area contributed by atoms with Gasteiger partial charge in [-0.3, -0.25) is 9.59 Å². The molecule has 0 saturated heterocycles. The SMILES string of the molecule is CCc1nc(SCC(=O)c2ccc3c(c2)CCC(=O)N3)nc(N)c1-c1ccc(Cl)cc1. The largest absolute Gasteiger partial charge is 0.383 e. The molecule has 31 heavy (non-hydrogen) atoms. The zero-order valence-electron chi connectivity index (χ0n) is 16.9. The third-order valence-electron chi connectivity index (χ3n) is 5.11. The Morgan fingerprint density at radius 3 is 2.68 bits per heavy atom. The molecule has 0 fully saturated rings. The number of anilines is 2. The number of halogens is 1. The van der Waals surface area contributed by atoms with Crippen molar-refractivity contribution in [1.82, 2.24) is 9.97 Å². The molecule has 0 spiro atoms. The average Bonchev–Trinajstić information content (AvgIpc) is 2.77. The van der Waals surface area contributed by atoms with Crippen LogP contribution in [0.1, 0.15) is 35.0 Å². The highest BCUT2D eigenvalue weighted by atomic mass is 35.5. The molecule has 6 nitrogen and oxygen atoms in total. The Hall–Kier alpha value is -2.90. The second kappa shape index (κ2) is 9.08. The van der Waals surface area contributed by atoms with Gasteiger partial charge in [-0.05, 0) is 54.3 Å². The summed E-state index contributed by atoms with van der Waals surface area (Å²) in [6.45, 7) is 2.01. The van der Waals surface area contributed by atoms with E-state index in [0.29, 0.717) is 40.8 Å². The summed E-state index contributed by atoms with van der Waals surface area (Å²) in [5.41, 5.74) is 11.2. The predicted octanol–water partition coefficient (Wildman–Crippen LogP) is 4.80. The van der Waals surface area contributed by atoms with Crippen molar-refractivity contribution in [3.63, 3.8) is 0 Å². The fraction of sp³-hybridized carbons (Fsp3) is 0.217. The molecule has 0 unspecified atom stereocenters. The molecule has 8 heteroatoms. The van der Waals surface area contributed by atoms with Crippen molar-refractivity contribution in [3.8, 4) is 11.1 Å². The molecule has 1 amide bonds. The molecule has 3 N–H and O–H groups in total. The molecule has 2 aromatic carbocycles. The zero-order valence-corrected chi connectivity index (χ0v) is 18.5. The van der Waals surface area contributed by atoms with Crippen molar-refractivity contribution < 1.29 is 9.59 Å². The van der Waals surface area contributed by atoms with Gasteiger partial charge in [0.15, 0.2) is 10.9 Å². The van der Waals surface area contributed by atoms with E-state index in [4.69, 9.17) is 17.3 Å². The number of nitrogen functional groups attached to an aromatic ring is 1. The maximum atomic E-state index is 12.7. The monoisotopic (exact) mass is 452 g/mol. The predicted molar refractivity (Wildman–Crippen MR) is 125 cm³/mol. The number of nitrogens with one attached hydrogen (secondary N) is 1. The first-order chi connectivity index (χ1) is 14.9. The highest BCUT2D eigenvalue weighted by Gasteiger charge is 2.18. The minimum Gasteiger partial charge on any atom is -0.383 e. The van der Waals surface area contributed by atoms with Gasteiger partial charge in [-0.1, -0.05) is 42.4 Å². The highest BCUT2D eigenvalue weighted by Crippen LogP contribution is 2.31. The first kappa shape index (κ1) is 21.3. The number of rotatable bonds is 6. The van der Waals surface area contributed by atoms with Gasteiger partial charge < -0.3 is 11.1 Å². The Bertz CT molecular complexity index is 1160. The van der Waals surface area contributed by atoms with Crippen LogP contribution in [0.15, 0.2) is 47.6 Å². The number of hydrogen-bond donors (Lipinski definition) is 2.